The third kappa shape index (κ3) is 4.32. The van der Waals surface area contributed by atoms with Gasteiger partial charge in [0.05, 0.1) is 16.9 Å². The zero-order valence-electron chi connectivity index (χ0n) is 13.6. The first-order valence-corrected chi connectivity index (χ1v) is 9.34. The average molecular weight is 334 g/mol. The lowest BCUT2D eigenvalue weighted by Gasteiger charge is -2.15. The molecule has 0 spiro atoms. The molecule has 0 unspecified atom stereocenters. The van der Waals surface area contributed by atoms with Crippen molar-refractivity contribution in [3.63, 3.8) is 0 Å². The molecule has 0 saturated heterocycles. The first-order valence-electron chi connectivity index (χ1n) is 7.80. The molecule has 1 saturated carbocycles. The minimum atomic E-state index is -3.63. The van der Waals surface area contributed by atoms with Gasteiger partial charge in [-0.2, -0.15) is 5.26 Å². The van der Waals surface area contributed by atoms with Crippen molar-refractivity contribution in [2.24, 2.45) is 11.8 Å². The zero-order chi connectivity index (χ0) is 17.2. The third-order valence-electron chi connectivity index (χ3n) is 4.15. The van der Waals surface area contributed by atoms with E-state index in [-0.39, 0.29) is 17.8 Å². The molecule has 1 amide bonds. The highest BCUT2D eigenvalue weighted by atomic mass is 32.2. The lowest BCUT2D eigenvalue weighted by Crippen LogP contribution is -2.38. The molecule has 1 fully saturated rings. The largest absolute Gasteiger partial charge is 0.274 e. The number of nitrogens with zero attached hydrogens (tertiary/aromatic N) is 1. The molecule has 3 atom stereocenters. The smallest absolute Gasteiger partial charge is 0.237 e. The first-order chi connectivity index (χ1) is 10.7. The molecule has 0 heterocycles. The highest BCUT2D eigenvalue weighted by Crippen LogP contribution is 2.47. The second-order valence-electron chi connectivity index (χ2n) is 6.64. The number of nitrogens with one attached hydrogen (secondary N) is 1. The van der Waals surface area contributed by atoms with E-state index in [0.717, 1.165) is 5.56 Å². The maximum Gasteiger partial charge on any atom is 0.237 e. The van der Waals surface area contributed by atoms with Gasteiger partial charge in [-0.3, -0.25) is 9.52 Å². The normalized spacial score (nSPS) is 21.5. The summed E-state index contributed by atoms with van der Waals surface area (Å²) in [5, 5.41) is 8.32. The second kappa shape index (κ2) is 6.71. The molecule has 1 aromatic carbocycles. The van der Waals surface area contributed by atoms with Crippen molar-refractivity contribution < 1.29 is 13.2 Å². The average Bonchev–Trinajstić information content (AvgIpc) is 3.26. The van der Waals surface area contributed by atoms with Gasteiger partial charge in [0.15, 0.2) is 0 Å². The fourth-order valence-electron chi connectivity index (χ4n) is 2.80. The Morgan fingerprint density at radius 1 is 1.39 bits per heavy atom. The number of carbonyl (C=O) groups excluding carboxylic acids is 1. The van der Waals surface area contributed by atoms with Crippen LogP contribution in [0.1, 0.15) is 50.7 Å². The van der Waals surface area contributed by atoms with E-state index in [9.17, 15) is 13.2 Å². The van der Waals surface area contributed by atoms with Gasteiger partial charge >= 0.3 is 0 Å². The number of carbonyl (C=O) groups is 1. The third-order valence-corrected chi connectivity index (χ3v) is 5.88. The standard InChI is InChI=1S/C17H22N2O3S/c1-11(2)7-12(3)23(21,22)19-17(20)16-9-15(16)14-6-4-5-13(8-14)10-18/h4-6,8,11-12,15-16H,7,9H2,1-3H3,(H,19,20)/t12-,15-,16+/m0/s1. The topological polar surface area (TPSA) is 87.0 Å². The van der Waals surface area contributed by atoms with E-state index >= 15 is 0 Å². The van der Waals surface area contributed by atoms with Crippen molar-refractivity contribution in [3.05, 3.63) is 35.4 Å². The zero-order valence-corrected chi connectivity index (χ0v) is 14.4. The Bertz CT molecular complexity index is 734. The van der Waals surface area contributed by atoms with E-state index in [4.69, 9.17) is 5.26 Å². The summed E-state index contributed by atoms with van der Waals surface area (Å²) >= 11 is 0. The van der Waals surface area contributed by atoms with Gasteiger partial charge in [-0.15, -0.1) is 0 Å². The second-order valence-corrected chi connectivity index (χ2v) is 8.74. The predicted octanol–water partition coefficient (Wildman–Crippen LogP) is 2.54. The maximum absolute atomic E-state index is 12.2. The number of benzene rings is 1. The van der Waals surface area contributed by atoms with Crippen molar-refractivity contribution >= 4 is 15.9 Å². The SMILES string of the molecule is CC(C)C[C@H](C)S(=O)(=O)NC(=O)[C@@H]1C[C@H]1c1cccc(C#N)c1. The fraction of sp³-hybridized carbons (Fsp3) is 0.529. The molecule has 1 aliphatic carbocycles. The van der Waals surface area contributed by atoms with E-state index < -0.39 is 21.2 Å². The van der Waals surface area contributed by atoms with Crippen LogP contribution in [0, 0.1) is 23.2 Å². The van der Waals surface area contributed by atoms with Crippen molar-refractivity contribution in [3.8, 4) is 6.07 Å². The van der Waals surface area contributed by atoms with Gasteiger partial charge in [0.25, 0.3) is 0 Å². The summed E-state index contributed by atoms with van der Waals surface area (Å²) in [5.74, 6) is -0.518. The molecule has 0 radical (unpaired) electrons. The van der Waals surface area contributed by atoms with Gasteiger partial charge in [-0.1, -0.05) is 26.0 Å². The number of hydrogen-bond acceptors (Lipinski definition) is 4. The van der Waals surface area contributed by atoms with Crippen LogP contribution in [0.5, 0.6) is 0 Å². The summed E-state index contributed by atoms with van der Waals surface area (Å²) in [4.78, 5) is 12.2. The molecule has 23 heavy (non-hydrogen) atoms. The molecule has 2 rings (SSSR count). The Kier molecular flexibility index (Phi) is 5.10. The molecular formula is C17H22N2O3S. The molecule has 0 aromatic heterocycles. The summed E-state index contributed by atoms with van der Waals surface area (Å²) in [6, 6.07) is 9.18. The summed E-state index contributed by atoms with van der Waals surface area (Å²) in [5.41, 5.74) is 1.46. The van der Waals surface area contributed by atoms with E-state index in [1.165, 1.54) is 0 Å². The monoisotopic (exact) mass is 334 g/mol. The van der Waals surface area contributed by atoms with Crippen LogP contribution >= 0.6 is 0 Å². The quantitative estimate of drug-likeness (QED) is 0.866. The van der Waals surface area contributed by atoms with Crippen LogP contribution in [0.2, 0.25) is 0 Å². The van der Waals surface area contributed by atoms with Crippen LogP contribution in [0.3, 0.4) is 0 Å². The molecule has 1 N–H and O–H groups in total. The summed E-state index contributed by atoms with van der Waals surface area (Å²) < 4.78 is 26.6. The number of hydrogen-bond donors (Lipinski definition) is 1. The van der Waals surface area contributed by atoms with E-state index in [1.54, 1.807) is 25.1 Å². The minimum absolute atomic E-state index is 0.00101. The molecule has 1 aromatic rings. The summed E-state index contributed by atoms with van der Waals surface area (Å²) in [6.45, 7) is 5.52. The molecule has 124 valence electrons. The van der Waals surface area contributed by atoms with Gasteiger partial charge < -0.3 is 0 Å². The highest BCUT2D eigenvalue weighted by molar-refractivity contribution is 7.90. The number of sulfonamides is 1. The fourth-order valence-corrected chi connectivity index (χ4v) is 4.07. The molecule has 1 aliphatic rings. The Hall–Kier alpha value is -1.87. The van der Waals surface area contributed by atoms with E-state index in [2.05, 4.69) is 10.8 Å². The van der Waals surface area contributed by atoms with Crippen LogP contribution in [0.15, 0.2) is 24.3 Å². The Morgan fingerprint density at radius 3 is 2.70 bits per heavy atom. The Labute approximate surface area is 137 Å². The number of amides is 1. The minimum Gasteiger partial charge on any atom is -0.274 e. The Morgan fingerprint density at radius 2 is 2.09 bits per heavy atom. The predicted molar refractivity (Wildman–Crippen MR) is 88.0 cm³/mol. The summed E-state index contributed by atoms with van der Waals surface area (Å²) in [6.07, 6.45) is 1.13. The van der Waals surface area contributed by atoms with E-state index in [1.807, 2.05) is 19.9 Å². The van der Waals surface area contributed by atoms with Crippen LogP contribution in [-0.4, -0.2) is 19.6 Å². The molecular weight excluding hydrogens is 312 g/mol. The highest BCUT2D eigenvalue weighted by Gasteiger charge is 2.45. The van der Waals surface area contributed by atoms with Crippen LogP contribution in [0.4, 0.5) is 0 Å². The number of rotatable bonds is 6. The van der Waals surface area contributed by atoms with E-state index in [0.29, 0.717) is 18.4 Å². The van der Waals surface area contributed by atoms with Gasteiger partial charge in [-0.25, -0.2) is 8.42 Å². The lowest BCUT2D eigenvalue weighted by molar-refractivity contribution is -0.120. The molecule has 6 heteroatoms. The molecule has 5 nitrogen and oxygen atoms in total. The Balaban J connectivity index is 1.99. The van der Waals surface area contributed by atoms with Crippen molar-refractivity contribution in [1.82, 2.24) is 4.72 Å². The van der Waals surface area contributed by atoms with Gasteiger partial charge in [0.1, 0.15) is 0 Å². The van der Waals surface area contributed by atoms with Gasteiger partial charge in [0, 0.05) is 5.92 Å². The van der Waals surface area contributed by atoms with Crippen molar-refractivity contribution in [2.45, 2.75) is 44.8 Å². The van der Waals surface area contributed by atoms with Crippen LogP contribution in [0.25, 0.3) is 0 Å². The first kappa shape index (κ1) is 17.5. The number of nitriles is 1. The summed E-state index contributed by atoms with van der Waals surface area (Å²) in [7, 11) is -3.63. The maximum atomic E-state index is 12.2. The molecule has 0 bridgehead atoms. The van der Waals surface area contributed by atoms with Crippen molar-refractivity contribution in [2.75, 3.05) is 0 Å². The van der Waals surface area contributed by atoms with Crippen LogP contribution < -0.4 is 4.72 Å². The lowest BCUT2D eigenvalue weighted by atomic mass is 10.1. The van der Waals surface area contributed by atoms with Gasteiger partial charge in [0.2, 0.25) is 15.9 Å². The van der Waals surface area contributed by atoms with Crippen molar-refractivity contribution in [1.29, 1.82) is 5.26 Å². The van der Waals surface area contributed by atoms with Crippen LogP contribution in [-0.2, 0) is 14.8 Å². The van der Waals surface area contributed by atoms with Gasteiger partial charge in [-0.05, 0) is 49.3 Å². The molecule has 0 aliphatic heterocycles.